The van der Waals surface area contributed by atoms with E-state index in [-0.39, 0.29) is 6.04 Å². The molecular weight excluding hydrogens is 414 g/mol. The van der Waals surface area contributed by atoms with Gasteiger partial charge in [0, 0.05) is 16.8 Å². The molecule has 0 aliphatic rings. The first-order valence-corrected chi connectivity index (χ1v) is 12.5. The summed E-state index contributed by atoms with van der Waals surface area (Å²) in [5, 5.41) is 8.62. The van der Waals surface area contributed by atoms with Crippen molar-refractivity contribution in [1.29, 1.82) is 0 Å². The predicted octanol–water partition coefficient (Wildman–Crippen LogP) is 9.10. The van der Waals surface area contributed by atoms with Gasteiger partial charge in [-0.3, -0.25) is 0 Å². The lowest BCUT2D eigenvalue weighted by molar-refractivity contribution is 0.716. The first-order valence-electron chi connectivity index (χ1n) is 12.5. The highest BCUT2D eigenvalue weighted by Crippen LogP contribution is 2.36. The zero-order chi connectivity index (χ0) is 24.2. The van der Waals surface area contributed by atoms with Crippen molar-refractivity contribution < 1.29 is 0 Å². The minimum Gasteiger partial charge on any atom is -0.376 e. The van der Waals surface area contributed by atoms with Crippen LogP contribution in [-0.2, 0) is 0 Å². The molecule has 0 amide bonds. The Morgan fingerprint density at radius 1 is 0.765 bits per heavy atom. The molecule has 34 heavy (non-hydrogen) atoms. The van der Waals surface area contributed by atoms with E-state index in [1.54, 1.807) is 0 Å². The molecule has 0 aliphatic carbocycles. The van der Waals surface area contributed by atoms with E-state index in [1.807, 2.05) is 0 Å². The van der Waals surface area contributed by atoms with E-state index in [1.165, 1.54) is 22.4 Å². The largest absolute Gasteiger partial charge is 0.376 e. The van der Waals surface area contributed by atoms with Crippen LogP contribution in [0.5, 0.6) is 0 Å². The molecule has 1 heterocycles. The Kier molecular flexibility index (Phi) is 7.21. The van der Waals surface area contributed by atoms with Gasteiger partial charge in [-0.05, 0) is 60.6 Å². The van der Waals surface area contributed by atoms with E-state index in [0.717, 1.165) is 34.4 Å². The molecule has 0 bridgehead atoms. The third-order valence-corrected chi connectivity index (χ3v) is 6.53. The highest BCUT2D eigenvalue weighted by Gasteiger charge is 2.19. The lowest BCUT2D eigenvalue weighted by Crippen LogP contribution is -2.15. The number of anilines is 3. The molecule has 3 nitrogen and oxygen atoms in total. The minimum absolute atomic E-state index is 0.134. The number of hydrogen-bond acceptors (Lipinski definition) is 3. The number of para-hydroxylation sites is 2. The van der Waals surface area contributed by atoms with Gasteiger partial charge in [0.1, 0.15) is 0 Å². The van der Waals surface area contributed by atoms with Crippen molar-refractivity contribution in [1.82, 2.24) is 4.98 Å². The molecule has 2 N–H and O–H groups in total. The molecule has 1 atom stereocenters. The first kappa shape index (κ1) is 23.8. The van der Waals surface area contributed by atoms with Gasteiger partial charge in [0.05, 0.1) is 22.9 Å². The van der Waals surface area contributed by atoms with Gasteiger partial charge in [-0.2, -0.15) is 0 Å². The maximum absolute atomic E-state index is 5.18. The molecular formula is C31H37N3. The van der Waals surface area contributed by atoms with E-state index >= 15 is 0 Å². The maximum atomic E-state index is 5.18. The van der Waals surface area contributed by atoms with Crippen molar-refractivity contribution in [2.24, 2.45) is 0 Å². The van der Waals surface area contributed by atoms with Crippen LogP contribution >= 0.6 is 0 Å². The Morgan fingerprint density at radius 3 is 2.03 bits per heavy atom. The Hall–Kier alpha value is -3.33. The van der Waals surface area contributed by atoms with E-state index < -0.39 is 0 Å². The van der Waals surface area contributed by atoms with Crippen molar-refractivity contribution in [2.75, 3.05) is 10.6 Å². The molecule has 176 valence electrons. The Bertz CT molecular complexity index is 1230. The van der Waals surface area contributed by atoms with Crippen molar-refractivity contribution in [3.05, 3.63) is 95.2 Å². The summed E-state index contributed by atoms with van der Waals surface area (Å²) in [6, 6.07) is 26.0. The fraction of sp³-hybridized carbons (Fsp3) is 0.323. The van der Waals surface area contributed by atoms with Crippen LogP contribution in [0.1, 0.15) is 81.3 Å². The summed E-state index contributed by atoms with van der Waals surface area (Å²) in [5.41, 5.74) is 9.43. The topological polar surface area (TPSA) is 37.0 Å². The molecule has 0 radical (unpaired) electrons. The average Bonchev–Trinajstić information content (AvgIpc) is 2.83. The summed E-state index contributed by atoms with van der Waals surface area (Å²) in [6.07, 6.45) is 0.954. The second-order valence-corrected chi connectivity index (χ2v) is 9.83. The van der Waals surface area contributed by atoms with Crippen molar-refractivity contribution in [2.45, 2.75) is 65.8 Å². The molecule has 0 saturated heterocycles. The van der Waals surface area contributed by atoms with Gasteiger partial charge in [-0.15, -0.1) is 0 Å². The van der Waals surface area contributed by atoms with Crippen LogP contribution in [0.3, 0.4) is 0 Å². The summed E-state index contributed by atoms with van der Waals surface area (Å²) in [4.78, 5) is 5.18. The van der Waals surface area contributed by atoms with Crippen LogP contribution in [0.2, 0.25) is 0 Å². The Labute approximate surface area is 204 Å². The van der Waals surface area contributed by atoms with Crippen LogP contribution in [-0.4, -0.2) is 4.98 Å². The molecule has 4 aromatic rings. The van der Waals surface area contributed by atoms with Crippen molar-refractivity contribution in [3.63, 3.8) is 0 Å². The number of benzene rings is 3. The van der Waals surface area contributed by atoms with E-state index in [4.69, 9.17) is 4.98 Å². The molecule has 1 aromatic heterocycles. The quantitative estimate of drug-likeness (QED) is 0.280. The molecule has 0 spiro atoms. The van der Waals surface area contributed by atoms with Crippen molar-refractivity contribution >= 4 is 28.0 Å². The summed E-state index contributed by atoms with van der Waals surface area (Å²) < 4.78 is 0. The Balaban J connectivity index is 1.72. The van der Waals surface area contributed by atoms with Gasteiger partial charge in [0.15, 0.2) is 0 Å². The average molecular weight is 452 g/mol. The fourth-order valence-electron chi connectivity index (χ4n) is 4.53. The van der Waals surface area contributed by atoms with Crippen LogP contribution in [0.25, 0.3) is 10.9 Å². The van der Waals surface area contributed by atoms with Gasteiger partial charge < -0.3 is 10.6 Å². The summed E-state index contributed by atoms with van der Waals surface area (Å²) in [6.45, 7) is 13.4. The molecule has 4 rings (SSSR count). The predicted molar refractivity (Wildman–Crippen MR) is 147 cm³/mol. The maximum Gasteiger partial charge on any atom is 0.0940 e. The zero-order valence-electron chi connectivity index (χ0n) is 21.3. The summed E-state index contributed by atoms with van der Waals surface area (Å²) in [7, 11) is 0. The third kappa shape index (κ3) is 5.09. The monoisotopic (exact) mass is 451 g/mol. The van der Waals surface area contributed by atoms with Crippen LogP contribution in [0, 0.1) is 6.92 Å². The van der Waals surface area contributed by atoms with Gasteiger partial charge in [0.25, 0.3) is 0 Å². The standard InChI is InChI=1S/C31H37N3/c1-7-27(33-31-25(20(2)3)11-9-12-26(31)21(4)5)28-19-16-23-10-8-13-29(30(23)34-28)32-24-17-14-22(6)15-18-24/h8-21,27,32-33H,7H2,1-6H3. The number of pyridine rings is 1. The van der Waals surface area contributed by atoms with Gasteiger partial charge in [0.2, 0.25) is 0 Å². The molecule has 0 aliphatic heterocycles. The normalized spacial score (nSPS) is 12.4. The van der Waals surface area contributed by atoms with Crippen LogP contribution in [0.15, 0.2) is 72.8 Å². The highest BCUT2D eigenvalue weighted by molar-refractivity contribution is 5.92. The molecule has 3 heteroatoms. The summed E-state index contributed by atoms with van der Waals surface area (Å²) in [5.74, 6) is 0.905. The number of rotatable bonds is 8. The Morgan fingerprint density at radius 2 is 1.41 bits per heavy atom. The number of fused-ring (bicyclic) bond motifs is 1. The van der Waals surface area contributed by atoms with E-state index in [2.05, 4.69) is 125 Å². The van der Waals surface area contributed by atoms with Crippen molar-refractivity contribution in [3.8, 4) is 0 Å². The SMILES string of the molecule is CCC(Nc1c(C(C)C)cccc1C(C)C)c1ccc2cccc(Nc3ccc(C)cc3)c2n1. The second-order valence-electron chi connectivity index (χ2n) is 9.83. The number of aromatic nitrogens is 1. The summed E-state index contributed by atoms with van der Waals surface area (Å²) >= 11 is 0. The molecule has 1 unspecified atom stereocenters. The zero-order valence-corrected chi connectivity index (χ0v) is 21.3. The highest BCUT2D eigenvalue weighted by atomic mass is 15.0. The number of hydrogen-bond donors (Lipinski definition) is 2. The smallest absolute Gasteiger partial charge is 0.0940 e. The minimum atomic E-state index is 0.134. The number of aryl methyl sites for hydroxylation is 1. The lowest BCUT2D eigenvalue weighted by Gasteiger charge is -2.26. The first-order chi connectivity index (χ1) is 16.4. The van der Waals surface area contributed by atoms with Crippen LogP contribution in [0.4, 0.5) is 17.1 Å². The van der Waals surface area contributed by atoms with Crippen LogP contribution < -0.4 is 10.6 Å². The van der Waals surface area contributed by atoms with Gasteiger partial charge in [-0.1, -0.05) is 88.7 Å². The molecule has 0 fully saturated rings. The van der Waals surface area contributed by atoms with Gasteiger partial charge in [-0.25, -0.2) is 4.98 Å². The van der Waals surface area contributed by atoms with E-state index in [0.29, 0.717) is 11.8 Å². The lowest BCUT2D eigenvalue weighted by atomic mass is 9.92. The number of nitrogens with one attached hydrogen (secondary N) is 2. The molecule has 3 aromatic carbocycles. The third-order valence-electron chi connectivity index (χ3n) is 6.53. The fourth-order valence-corrected chi connectivity index (χ4v) is 4.53. The number of nitrogens with zero attached hydrogens (tertiary/aromatic N) is 1. The van der Waals surface area contributed by atoms with Gasteiger partial charge >= 0.3 is 0 Å². The molecule has 0 saturated carbocycles. The second kappa shape index (κ2) is 10.3. The van der Waals surface area contributed by atoms with E-state index in [9.17, 15) is 0 Å².